The predicted molar refractivity (Wildman–Crippen MR) is 78.3 cm³/mol. The largest absolute Gasteiger partial charge is 0.207 e. The molecule has 0 aromatic heterocycles. The van der Waals surface area contributed by atoms with Crippen LogP contribution in [0.5, 0.6) is 0 Å². The van der Waals surface area contributed by atoms with Gasteiger partial charge in [0.2, 0.25) is 0 Å². The maximum Gasteiger partial charge on any atom is 0.130 e. The van der Waals surface area contributed by atoms with Crippen LogP contribution in [0, 0.1) is 18.6 Å². The van der Waals surface area contributed by atoms with Gasteiger partial charge < -0.3 is 0 Å². The molecule has 0 saturated carbocycles. The number of aryl methyl sites for hydroxylation is 1. The van der Waals surface area contributed by atoms with Crippen LogP contribution in [-0.2, 0) is 0 Å². The van der Waals surface area contributed by atoms with Gasteiger partial charge in [0.1, 0.15) is 11.6 Å². The van der Waals surface area contributed by atoms with Crippen LogP contribution < -0.4 is 0 Å². The zero-order chi connectivity index (χ0) is 14.2. The number of hydrogen-bond acceptors (Lipinski definition) is 0. The summed E-state index contributed by atoms with van der Waals surface area (Å²) in [6, 6.07) is 7.28. The molecule has 1 unspecified atom stereocenters. The number of alkyl halides is 1. The standard InChI is InChI=1S/C14H9BrCl2F2/c1-7-4-10(13(19)6-12(7)18)14(15)9-5-8(16)2-3-11(9)17/h2-6,14H,1H3. The fourth-order valence-corrected chi connectivity index (χ4v) is 3.02. The molecule has 0 nitrogen and oxygen atoms in total. The molecule has 0 saturated heterocycles. The third-order valence-electron chi connectivity index (χ3n) is 2.78. The molecular formula is C14H9BrCl2F2. The highest BCUT2D eigenvalue weighted by molar-refractivity contribution is 9.09. The lowest BCUT2D eigenvalue weighted by Crippen LogP contribution is -2.00. The Kier molecular flexibility index (Phi) is 4.49. The highest BCUT2D eigenvalue weighted by Crippen LogP contribution is 2.38. The van der Waals surface area contributed by atoms with Gasteiger partial charge in [0.05, 0.1) is 4.83 Å². The van der Waals surface area contributed by atoms with Crippen LogP contribution in [0.1, 0.15) is 21.5 Å². The van der Waals surface area contributed by atoms with E-state index in [1.165, 1.54) is 6.07 Å². The van der Waals surface area contributed by atoms with Gasteiger partial charge in [0.15, 0.2) is 0 Å². The van der Waals surface area contributed by atoms with Gasteiger partial charge in [-0.1, -0.05) is 39.1 Å². The number of hydrogen-bond donors (Lipinski definition) is 0. The van der Waals surface area contributed by atoms with E-state index < -0.39 is 16.5 Å². The summed E-state index contributed by atoms with van der Waals surface area (Å²) < 4.78 is 27.1. The van der Waals surface area contributed by atoms with Crippen molar-refractivity contribution < 1.29 is 8.78 Å². The minimum absolute atomic E-state index is 0.322. The Morgan fingerprint density at radius 2 is 1.68 bits per heavy atom. The molecule has 2 aromatic carbocycles. The van der Waals surface area contributed by atoms with E-state index in [0.717, 1.165) is 6.07 Å². The number of benzene rings is 2. The van der Waals surface area contributed by atoms with Crippen molar-refractivity contribution in [3.05, 3.63) is 68.7 Å². The van der Waals surface area contributed by atoms with E-state index in [0.29, 0.717) is 26.7 Å². The molecule has 1 atom stereocenters. The molecule has 0 fully saturated rings. The van der Waals surface area contributed by atoms with Gasteiger partial charge in [-0.2, -0.15) is 0 Å². The maximum atomic E-state index is 13.9. The molecule has 0 aliphatic rings. The molecule has 0 spiro atoms. The fraction of sp³-hybridized carbons (Fsp3) is 0.143. The highest BCUT2D eigenvalue weighted by atomic mass is 79.9. The molecule has 0 aliphatic carbocycles. The Morgan fingerprint density at radius 3 is 2.37 bits per heavy atom. The average Bonchev–Trinajstić information content (AvgIpc) is 2.36. The molecule has 2 aromatic rings. The summed E-state index contributed by atoms with van der Waals surface area (Å²) in [6.07, 6.45) is 0. The molecule has 0 bridgehead atoms. The summed E-state index contributed by atoms with van der Waals surface area (Å²) in [5, 5.41) is 0.968. The summed E-state index contributed by atoms with van der Waals surface area (Å²) in [5.74, 6) is -1.20. The van der Waals surface area contributed by atoms with E-state index >= 15 is 0 Å². The van der Waals surface area contributed by atoms with Crippen molar-refractivity contribution in [2.75, 3.05) is 0 Å². The lowest BCUT2D eigenvalue weighted by Gasteiger charge is -2.15. The maximum absolute atomic E-state index is 13.9. The van der Waals surface area contributed by atoms with Gasteiger partial charge in [-0.25, -0.2) is 8.78 Å². The van der Waals surface area contributed by atoms with Crippen LogP contribution in [0.2, 0.25) is 10.0 Å². The molecule has 0 N–H and O–H groups in total. The van der Waals surface area contributed by atoms with E-state index in [4.69, 9.17) is 23.2 Å². The van der Waals surface area contributed by atoms with Gasteiger partial charge >= 0.3 is 0 Å². The van der Waals surface area contributed by atoms with Crippen molar-refractivity contribution in [1.29, 1.82) is 0 Å². The Labute approximate surface area is 128 Å². The zero-order valence-corrected chi connectivity index (χ0v) is 13.0. The lowest BCUT2D eigenvalue weighted by atomic mass is 10.0. The van der Waals surface area contributed by atoms with Gasteiger partial charge in [0.25, 0.3) is 0 Å². The monoisotopic (exact) mass is 364 g/mol. The summed E-state index contributed by atoms with van der Waals surface area (Å²) in [5.41, 5.74) is 1.33. The summed E-state index contributed by atoms with van der Waals surface area (Å²) in [6.45, 7) is 1.58. The van der Waals surface area contributed by atoms with Gasteiger partial charge in [-0.3, -0.25) is 0 Å². The molecule has 0 aliphatic heterocycles. The average molecular weight is 366 g/mol. The smallest absolute Gasteiger partial charge is 0.130 e. The number of rotatable bonds is 2. The first-order valence-corrected chi connectivity index (χ1v) is 7.12. The van der Waals surface area contributed by atoms with Crippen molar-refractivity contribution in [1.82, 2.24) is 0 Å². The second-order valence-corrected chi connectivity index (χ2v) is 5.91. The summed E-state index contributed by atoms with van der Waals surface area (Å²) in [4.78, 5) is -0.488. The fourth-order valence-electron chi connectivity index (χ4n) is 1.75. The number of halogens is 5. The van der Waals surface area contributed by atoms with E-state index in [9.17, 15) is 8.78 Å². The Balaban J connectivity index is 2.52. The molecule has 5 heteroatoms. The molecule has 0 radical (unpaired) electrons. The molecule has 100 valence electrons. The zero-order valence-electron chi connectivity index (χ0n) is 9.85. The van der Waals surface area contributed by atoms with Crippen LogP contribution in [0.3, 0.4) is 0 Å². The van der Waals surface area contributed by atoms with Gasteiger partial charge in [-0.15, -0.1) is 0 Å². The SMILES string of the molecule is Cc1cc(C(Br)c2cc(Cl)ccc2Cl)c(F)cc1F. The molecular weight excluding hydrogens is 357 g/mol. The minimum Gasteiger partial charge on any atom is -0.207 e. The Bertz CT molecular complexity index is 629. The van der Waals surface area contributed by atoms with Crippen molar-refractivity contribution in [3.8, 4) is 0 Å². The predicted octanol–water partition coefficient (Wildman–Crippen LogP) is 6.06. The van der Waals surface area contributed by atoms with Crippen molar-refractivity contribution >= 4 is 39.1 Å². The Hall–Kier alpha value is -0.640. The quantitative estimate of drug-likeness (QED) is 0.567. The minimum atomic E-state index is -0.624. The summed E-state index contributed by atoms with van der Waals surface area (Å²) >= 11 is 15.4. The first-order valence-electron chi connectivity index (χ1n) is 5.44. The topological polar surface area (TPSA) is 0 Å². The first kappa shape index (κ1) is 14.8. The Morgan fingerprint density at radius 1 is 1.00 bits per heavy atom. The lowest BCUT2D eigenvalue weighted by molar-refractivity contribution is 0.569. The van der Waals surface area contributed by atoms with E-state index in [2.05, 4.69) is 15.9 Å². The second-order valence-electron chi connectivity index (χ2n) is 4.15. The van der Waals surface area contributed by atoms with Crippen molar-refractivity contribution in [3.63, 3.8) is 0 Å². The highest BCUT2D eigenvalue weighted by Gasteiger charge is 2.19. The third-order valence-corrected chi connectivity index (χ3v) is 4.35. The van der Waals surface area contributed by atoms with Crippen LogP contribution in [-0.4, -0.2) is 0 Å². The van der Waals surface area contributed by atoms with Crippen LogP contribution >= 0.6 is 39.1 Å². The van der Waals surface area contributed by atoms with Gasteiger partial charge in [0, 0.05) is 21.7 Å². The molecule has 0 amide bonds. The van der Waals surface area contributed by atoms with Crippen molar-refractivity contribution in [2.24, 2.45) is 0 Å². The molecule has 2 rings (SSSR count). The van der Waals surface area contributed by atoms with E-state index in [1.807, 2.05) is 0 Å². The van der Waals surface area contributed by atoms with Crippen LogP contribution in [0.25, 0.3) is 0 Å². The molecule has 19 heavy (non-hydrogen) atoms. The normalized spacial score (nSPS) is 12.5. The van der Waals surface area contributed by atoms with E-state index in [-0.39, 0.29) is 0 Å². The van der Waals surface area contributed by atoms with Crippen LogP contribution in [0.15, 0.2) is 30.3 Å². The van der Waals surface area contributed by atoms with Crippen LogP contribution in [0.4, 0.5) is 8.78 Å². The third kappa shape index (κ3) is 3.10. The van der Waals surface area contributed by atoms with E-state index in [1.54, 1.807) is 25.1 Å². The van der Waals surface area contributed by atoms with Gasteiger partial charge in [-0.05, 0) is 42.3 Å². The summed E-state index contributed by atoms with van der Waals surface area (Å²) in [7, 11) is 0. The van der Waals surface area contributed by atoms with Crippen molar-refractivity contribution in [2.45, 2.75) is 11.8 Å². The first-order chi connectivity index (χ1) is 8.90. The second kappa shape index (κ2) is 5.78. The molecule has 0 heterocycles.